The maximum Gasteiger partial charge on any atom is 0.417 e. The number of halogens is 3. The topological polar surface area (TPSA) is 74.3 Å². The third kappa shape index (κ3) is 4.27. The summed E-state index contributed by atoms with van der Waals surface area (Å²) in [5.41, 5.74) is 0.863. The number of benzene rings is 2. The Morgan fingerprint density at radius 3 is 2.50 bits per heavy atom. The smallest absolute Gasteiger partial charge is 0.391 e. The van der Waals surface area contributed by atoms with Gasteiger partial charge in [0.2, 0.25) is 0 Å². The summed E-state index contributed by atoms with van der Waals surface area (Å²) in [5, 5.41) is 11.5. The minimum Gasteiger partial charge on any atom is -0.391 e. The molecule has 0 atom stereocenters. The van der Waals surface area contributed by atoms with Gasteiger partial charge in [0.25, 0.3) is 0 Å². The Morgan fingerprint density at radius 1 is 1.13 bits per heavy atom. The molecule has 0 aliphatic carbocycles. The molecule has 7 nitrogen and oxygen atoms in total. The average molecular weight is 419 g/mol. The Kier molecular flexibility index (Phi) is 6.04. The molecule has 0 aliphatic rings. The molecule has 1 aromatic heterocycles. The highest BCUT2D eigenvalue weighted by Gasteiger charge is 2.34. The highest BCUT2D eigenvalue weighted by molar-refractivity contribution is 6.01. The van der Waals surface area contributed by atoms with E-state index >= 15 is 0 Å². The summed E-state index contributed by atoms with van der Waals surface area (Å²) in [7, 11) is 1.48. The van der Waals surface area contributed by atoms with Gasteiger partial charge in [-0.15, -0.1) is 0 Å². The number of alkyl halides is 3. The number of aromatic nitrogens is 4. The van der Waals surface area contributed by atoms with E-state index in [4.69, 9.17) is 4.84 Å². The van der Waals surface area contributed by atoms with E-state index in [0.29, 0.717) is 11.3 Å². The lowest BCUT2D eigenvalue weighted by molar-refractivity contribution is -0.137. The third-order valence-corrected chi connectivity index (χ3v) is 4.60. The van der Waals surface area contributed by atoms with Gasteiger partial charge in [0, 0.05) is 18.2 Å². The van der Waals surface area contributed by atoms with Crippen molar-refractivity contribution in [2.24, 2.45) is 12.2 Å². The van der Waals surface area contributed by atoms with Crippen molar-refractivity contribution < 1.29 is 18.0 Å². The summed E-state index contributed by atoms with van der Waals surface area (Å²) < 4.78 is 42.2. The van der Waals surface area contributed by atoms with Gasteiger partial charge >= 0.3 is 11.9 Å². The molecule has 3 aromatic rings. The van der Waals surface area contributed by atoms with Crippen LogP contribution in [0.5, 0.6) is 0 Å². The minimum absolute atomic E-state index is 0.0253. The number of aryl methyl sites for hydroxylation is 2. The molecule has 1 heterocycles. The van der Waals surface area contributed by atoms with E-state index < -0.39 is 17.4 Å². The fourth-order valence-electron chi connectivity index (χ4n) is 3.00. The first kappa shape index (κ1) is 21.3. The number of tetrazole rings is 1. The highest BCUT2D eigenvalue weighted by atomic mass is 19.4. The quantitative estimate of drug-likeness (QED) is 0.452. The van der Waals surface area contributed by atoms with Crippen LogP contribution in [0, 0.1) is 6.92 Å². The number of nitrogens with zero attached hydrogens (tertiary/aromatic N) is 5. The molecule has 0 radical (unpaired) electrons. The van der Waals surface area contributed by atoms with Gasteiger partial charge in [0.15, 0.2) is 0 Å². The van der Waals surface area contributed by atoms with Crippen molar-refractivity contribution in [2.75, 3.05) is 0 Å². The fourth-order valence-corrected chi connectivity index (χ4v) is 3.00. The third-order valence-electron chi connectivity index (χ3n) is 4.60. The Bertz CT molecular complexity index is 1130. The van der Waals surface area contributed by atoms with Crippen LogP contribution in [0.4, 0.5) is 13.2 Å². The number of oxime groups is 1. The molecule has 0 amide bonds. The first-order chi connectivity index (χ1) is 14.2. The predicted molar refractivity (Wildman–Crippen MR) is 104 cm³/mol. The molecule has 3 rings (SSSR count). The Labute approximate surface area is 170 Å². The zero-order chi connectivity index (χ0) is 21.9. The van der Waals surface area contributed by atoms with Gasteiger partial charge in [-0.05, 0) is 41.5 Å². The molecule has 158 valence electrons. The fraction of sp³-hybridized carbons (Fsp3) is 0.300. The maximum atomic E-state index is 13.3. The van der Waals surface area contributed by atoms with Gasteiger partial charge in [-0.3, -0.25) is 0 Å². The molecule has 0 N–H and O–H groups in total. The molecular formula is C20H20F3N5O2. The van der Waals surface area contributed by atoms with Gasteiger partial charge in [-0.25, -0.2) is 4.79 Å². The Morgan fingerprint density at radius 2 is 1.87 bits per heavy atom. The van der Waals surface area contributed by atoms with E-state index in [2.05, 4.69) is 15.6 Å². The van der Waals surface area contributed by atoms with E-state index in [1.165, 1.54) is 25.2 Å². The molecule has 0 fully saturated rings. The summed E-state index contributed by atoms with van der Waals surface area (Å²) >= 11 is 0. The summed E-state index contributed by atoms with van der Waals surface area (Å²) in [5.74, 6) is 0. The normalized spacial score (nSPS) is 12.3. The Balaban J connectivity index is 1.92. The first-order valence-electron chi connectivity index (χ1n) is 9.17. The second-order valence-electron chi connectivity index (χ2n) is 6.58. The van der Waals surface area contributed by atoms with Gasteiger partial charge in [0.05, 0.1) is 17.0 Å². The minimum atomic E-state index is -4.50. The second-order valence-corrected chi connectivity index (χ2v) is 6.58. The van der Waals surface area contributed by atoms with Crippen LogP contribution in [0.25, 0.3) is 5.69 Å². The van der Waals surface area contributed by atoms with Crippen molar-refractivity contribution >= 4 is 5.71 Å². The molecule has 0 bridgehead atoms. The summed E-state index contributed by atoms with van der Waals surface area (Å²) in [6, 6.07) is 10.5. The van der Waals surface area contributed by atoms with Crippen LogP contribution >= 0.6 is 0 Å². The van der Waals surface area contributed by atoms with Crippen LogP contribution in [0.2, 0.25) is 0 Å². The molecular weight excluding hydrogens is 399 g/mol. The molecule has 10 heteroatoms. The second kappa shape index (κ2) is 8.52. The average Bonchev–Trinajstić information content (AvgIpc) is 3.04. The molecule has 0 aliphatic heterocycles. The molecule has 0 unspecified atom stereocenters. The lowest BCUT2D eigenvalue weighted by Gasteiger charge is -2.14. The van der Waals surface area contributed by atoms with Crippen molar-refractivity contribution in [3.8, 4) is 5.69 Å². The summed E-state index contributed by atoms with van der Waals surface area (Å²) in [6.45, 7) is 3.48. The summed E-state index contributed by atoms with van der Waals surface area (Å²) in [6.07, 6.45) is -4.25. The van der Waals surface area contributed by atoms with Crippen LogP contribution in [0.1, 0.15) is 35.6 Å². The predicted octanol–water partition coefficient (Wildman–Crippen LogP) is 3.62. The van der Waals surface area contributed by atoms with E-state index in [1.54, 1.807) is 19.1 Å². The van der Waals surface area contributed by atoms with Crippen LogP contribution in [-0.2, 0) is 24.7 Å². The Hall–Kier alpha value is -3.43. The lowest BCUT2D eigenvalue weighted by Crippen LogP contribution is -2.23. The first-order valence-corrected chi connectivity index (χ1v) is 9.17. The van der Waals surface area contributed by atoms with Crippen molar-refractivity contribution in [3.05, 3.63) is 75.2 Å². The van der Waals surface area contributed by atoms with E-state index in [0.717, 1.165) is 21.0 Å². The largest absolute Gasteiger partial charge is 0.417 e. The SMILES string of the molecule is CCC(=NOCc1c(C)cccc1-n1nnn(C)c1=O)c1ccccc1C(F)(F)F. The van der Waals surface area contributed by atoms with Gasteiger partial charge in [-0.2, -0.15) is 22.5 Å². The molecule has 0 saturated carbocycles. The molecule has 0 saturated heterocycles. The molecule has 0 spiro atoms. The highest BCUT2D eigenvalue weighted by Crippen LogP contribution is 2.32. The van der Waals surface area contributed by atoms with Crippen molar-refractivity contribution in [3.63, 3.8) is 0 Å². The van der Waals surface area contributed by atoms with Gasteiger partial charge in [-0.1, -0.05) is 42.4 Å². The lowest BCUT2D eigenvalue weighted by atomic mass is 10.0. The van der Waals surface area contributed by atoms with E-state index in [9.17, 15) is 18.0 Å². The number of hydrogen-bond donors (Lipinski definition) is 0. The zero-order valence-corrected chi connectivity index (χ0v) is 16.6. The van der Waals surface area contributed by atoms with Gasteiger partial charge < -0.3 is 4.84 Å². The van der Waals surface area contributed by atoms with Crippen LogP contribution in [-0.4, -0.2) is 25.5 Å². The van der Waals surface area contributed by atoms with Crippen LogP contribution in [0.3, 0.4) is 0 Å². The standard InChI is InChI=1S/C20H20F3N5O2/c1-4-17(14-9-5-6-10-16(14)20(21,22)23)24-30-12-15-13(2)8-7-11-18(15)28-19(29)27(3)25-26-28/h5-11H,4,12H2,1-3H3. The van der Waals surface area contributed by atoms with Crippen molar-refractivity contribution in [1.82, 2.24) is 19.8 Å². The van der Waals surface area contributed by atoms with Crippen LogP contribution in [0.15, 0.2) is 52.4 Å². The molecule has 30 heavy (non-hydrogen) atoms. The molecule has 2 aromatic carbocycles. The van der Waals surface area contributed by atoms with Gasteiger partial charge in [0.1, 0.15) is 6.61 Å². The van der Waals surface area contributed by atoms with Crippen LogP contribution < -0.4 is 5.69 Å². The number of hydrogen-bond acceptors (Lipinski definition) is 5. The summed E-state index contributed by atoms with van der Waals surface area (Å²) in [4.78, 5) is 17.6. The monoisotopic (exact) mass is 419 g/mol. The van der Waals surface area contributed by atoms with Crippen molar-refractivity contribution in [2.45, 2.75) is 33.1 Å². The zero-order valence-electron chi connectivity index (χ0n) is 16.6. The van der Waals surface area contributed by atoms with E-state index in [-0.39, 0.29) is 24.3 Å². The maximum absolute atomic E-state index is 13.3. The van der Waals surface area contributed by atoms with E-state index in [1.807, 2.05) is 13.0 Å². The van der Waals surface area contributed by atoms with Crippen molar-refractivity contribution in [1.29, 1.82) is 0 Å². The number of rotatable bonds is 6.